The van der Waals surface area contributed by atoms with Crippen LogP contribution in [0.2, 0.25) is 0 Å². The number of rotatable bonds is 1. The number of aryl methyl sites for hydroxylation is 1. The molecule has 0 saturated heterocycles. The molecule has 0 amide bonds. The molecule has 17 heavy (non-hydrogen) atoms. The molecule has 0 atom stereocenters. The van der Waals surface area contributed by atoms with E-state index in [1.54, 1.807) is 19.1 Å². The Kier molecular flexibility index (Phi) is 2.78. The molecule has 6 nitrogen and oxygen atoms in total. The lowest BCUT2D eigenvalue weighted by Crippen LogP contribution is -2.21. The molecule has 0 aliphatic carbocycles. The van der Waals surface area contributed by atoms with E-state index >= 15 is 0 Å². The summed E-state index contributed by atoms with van der Waals surface area (Å²) in [5.74, 6) is -0.137. The van der Waals surface area contributed by atoms with E-state index in [-0.39, 0.29) is 11.5 Å². The monoisotopic (exact) mass is 278 g/mol. The molecule has 2 rings (SSSR count). The molecule has 1 aliphatic heterocycles. The standard InChI is InChI=1S/C9H10O6S2/c1-2-7-4-3-5-8-9(7)15-17(12,13)6-16(10,11)14-8/h3-5H,2,6H2,1H3. The molecule has 0 aromatic heterocycles. The van der Waals surface area contributed by atoms with Crippen molar-refractivity contribution in [3.63, 3.8) is 0 Å². The normalized spacial score (nSPS) is 20.5. The lowest BCUT2D eigenvalue weighted by molar-refractivity contribution is 0.469. The Labute approximate surface area is 99.4 Å². The van der Waals surface area contributed by atoms with E-state index in [0.29, 0.717) is 12.0 Å². The highest BCUT2D eigenvalue weighted by Gasteiger charge is 2.33. The van der Waals surface area contributed by atoms with Crippen molar-refractivity contribution in [3.8, 4) is 11.5 Å². The maximum atomic E-state index is 11.4. The highest BCUT2D eigenvalue weighted by Crippen LogP contribution is 2.36. The molecule has 94 valence electrons. The fourth-order valence-electron chi connectivity index (χ4n) is 1.49. The molecule has 1 aromatic rings. The lowest BCUT2D eigenvalue weighted by Gasteiger charge is -2.08. The van der Waals surface area contributed by atoms with Crippen LogP contribution in [0.25, 0.3) is 0 Å². The highest BCUT2D eigenvalue weighted by molar-refractivity contribution is 8.04. The summed E-state index contributed by atoms with van der Waals surface area (Å²) in [6.45, 7) is 1.80. The van der Waals surface area contributed by atoms with Crippen LogP contribution in [0.1, 0.15) is 12.5 Å². The second-order valence-electron chi connectivity index (χ2n) is 3.50. The van der Waals surface area contributed by atoms with Gasteiger partial charge >= 0.3 is 20.2 Å². The van der Waals surface area contributed by atoms with Crippen LogP contribution in [0.3, 0.4) is 0 Å². The Bertz CT molecular complexity index is 644. The maximum Gasteiger partial charge on any atom is 0.327 e. The zero-order valence-corrected chi connectivity index (χ0v) is 10.5. The first-order valence-electron chi connectivity index (χ1n) is 4.79. The Balaban J connectivity index is 2.68. The highest BCUT2D eigenvalue weighted by atomic mass is 32.3. The first kappa shape index (κ1) is 12.2. The third-order valence-corrected chi connectivity index (χ3v) is 5.32. The smallest absolute Gasteiger partial charge is 0.327 e. The Morgan fingerprint density at radius 2 is 1.76 bits per heavy atom. The molecule has 1 aliphatic rings. The van der Waals surface area contributed by atoms with Gasteiger partial charge in [-0.1, -0.05) is 19.1 Å². The van der Waals surface area contributed by atoms with Gasteiger partial charge in [-0.25, -0.2) is 0 Å². The predicted molar refractivity (Wildman–Crippen MR) is 59.8 cm³/mol. The van der Waals surface area contributed by atoms with Crippen molar-refractivity contribution in [1.82, 2.24) is 0 Å². The molecule has 1 aromatic carbocycles. The van der Waals surface area contributed by atoms with Crippen LogP contribution in [0.5, 0.6) is 11.5 Å². The zero-order valence-electron chi connectivity index (χ0n) is 8.91. The maximum absolute atomic E-state index is 11.4. The van der Waals surface area contributed by atoms with Gasteiger partial charge in [0.25, 0.3) is 0 Å². The van der Waals surface area contributed by atoms with Gasteiger partial charge in [0, 0.05) is 0 Å². The van der Waals surface area contributed by atoms with Gasteiger partial charge in [0.05, 0.1) is 0 Å². The van der Waals surface area contributed by atoms with Crippen LogP contribution >= 0.6 is 0 Å². The molecule has 0 spiro atoms. The van der Waals surface area contributed by atoms with Crippen molar-refractivity contribution in [1.29, 1.82) is 0 Å². The number of fused-ring (bicyclic) bond motifs is 1. The largest absolute Gasteiger partial charge is 0.378 e. The van der Waals surface area contributed by atoms with Gasteiger partial charge < -0.3 is 8.37 Å². The fourth-order valence-corrected chi connectivity index (χ4v) is 4.14. The third kappa shape index (κ3) is 2.52. The number of hydrogen-bond acceptors (Lipinski definition) is 6. The number of para-hydroxylation sites is 1. The van der Waals surface area contributed by atoms with Crippen LogP contribution < -0.4 is 8.37 Å². The van der Waals surface area contributed by atoms with Crippen molar-refractivity contribution < 1.29 is 25.2 Å². The van der Waals surface area contributed by atoms with E-state index in [9.17, 15) is 16.8 Å². The van der Waals surface area contributed by atoms with Crippen molar-refractivity contribution in [3.05, 3.63) is 23.8 Å². The van der Waals surface area contributed by atoms with E-state index in [2.05, 4.69) is 0 Å². The summed E-state index contributed by atoms with van der Waals surface area (Å²) in [5.41, 5.74) is 0.572. The van der Waals surface area contributed by atoms with Crippen LogP contribution in [0.15, 0.2) is 18.2 Å². The molecule has 0 saturated carbocycles. The second kappa shape index (κ2) is 3.88. The minimum absolute atomic E-state index is 0.0453. The molecule has 0 bridgehead atoms. The molecule has 0 N–H and O–H groups in total. The lowest BCUT2D eigenvalue weighted by atomic mass is 10.1. The fraction of sp³-hybridized carbons (Fsp3) is 0.333. The van der Waals surface area contributed by atoms with Gasteiger partial charge in [0.15, 0.2) is 11.5 Å². The number of hydrogen-bond donors (Lipinski definition) is 0. The van der Waals surface area contributed by atoms with Crippen LogP contribution in [0.4, 0.5) is 0 Å². The van der Waals surface area contributed by atoms with Gasteiger partial charge in [-0.05, 0) is 18.1 Å². The summed E-state index contributed by atoms with van der Waals surface area (Å²) in [6, 6.07) is 4.58. The van der Waals surface area contributed by atoms with Gasteiger partial charge in [0.1, 0.15) is 0 Å². The molecule has 0 unspecified atom stereocenters. The summed E-state index contributed by atoms with van der Waals surface area (Å²) in [6.07, 6.45) is 0.502. The minimum Gasteiger partial charge on any atom is -0.378 e. The molecule has 1 heterocycles. The molecular weight excluding hydrogens is 268 g/mol. The van der Waals surface area contributed by atoms with E-state index in [1.165, 1.54) is 6.07 Å². The van der Waals surface area contributed by atoms with Crippen molar-refractivity contribution in [2.75, 3.05) is 5.08 Å². The Hall–Kier alpha value is -1.28. The van der Waals surface area contributed by atoms with E-state index in [1.807, 2.05) is 0 Å². The van der Waals surface area contributed by atoms with Crippen molar-refractivity contribution in [2.24, 2.45) is 0 Å². The summed E-state index contributed by atoms with van der Waals surface area (Å²) in [7, 11) is -8.36. The first-order valence-corrected chi connectivity index (χ1v) is 7.94. The third-order valence-electron chi connectivity index (χ3n) is 2.16. The minimum atomic E-state index is -4.19. The summed E-state index contributed by atoms with van der Waals surface area (Å²) >= 11 is 0. The zero-order chi connectivity index (χ0) is 12.7. The second-order valence-corrected chi connectivity index (χ2v) is 7.00. The SMILES string of the molecule is CCc1cccc2c1OS(=O)(=O)CS(=O)(=O)O2. The average Bonchev–Trinajstić information content (AvgIpc) is 2.26. The van der Waals surface area contributed by atoms with Gasteiger partial charge in [-0.3, -0.25) is 0 Å². The Morgan fingerprint density at radius 3 is 2.41 bits per heavy atom. The van der Waals surface area contributed by atoms with Crippen LogP contribution in [-0.4, -0.2) is 21.9 Å². The van der Waals surface area contributed by atoms with Gasteiger partial charge in [-0.15, -0.1) is 0 Å². The van der Waals surface area contributed by atoms with Crippen molar-refractivity contribution >= 4 is 20.2 Å². The van der Waals surface area contributed by atoms with E-state index < -0.39 is 25.3 Å². The predicted octanol–water partition coefficient (Wildman–Crippen LogP) is 0.637. The number of benzene rings is 1. The van der Waals surface area contributed by atoms with Crippen LogP contribution in [-0.2, 0) is 26.7 Å². The average molecular weight is 278 g/mol. The first-order chi connectivity index (χ1) is 7.83. The Morgan fingerprint density at radius 1 is 1.12 bits per heavy atom. The summed E-state index contributed by atoms with van der Waals surface area (Å²) < 4.78 is 55.1. The van der Waals surface area contributed by atoms with Gasteiger partial charge in [-0.2, -0.15) is 16.8 Å². The van der Waals surface area contributed by atoms with Crippen LogP contribution in [0, 0.1) is 0 Å². The summed E-state index contributed by atoms with van der Waals surface area (Å²) in [4.78, 5) is 0. The molecular formula is C9H10O6S2. The molecule has 8 heteroatoms. The quantitative estimate of drug-likeness (QED) is 0.700. The van der Waals surface area contributed by atoms with Gasteiger partial charge in [0.2, 0.25) is 5.08 Å². The van der Waals surface area contributed by atoms with E-state index in [4.69, 9.17) is 8.37 Å². The van der Waals surface area contributed by atoms with E-state index in [0.717, 1.165) is 0 Å². The molecule has 0 fully saturated rings. The topological polar surface area (TPSA) is 86.7 Å². The summed E-state index contributed by atoms with van der Waals surface area (Å²) in [5, 5.41) is -1.18. The van der Waals surface area contributed by atoms with Crippen molar-refractivity contribution in [2.45, 2.75) is 13.3 Å². The molecule has 0 radical (unpaired) electrons.